The van der Waals surface area contributed by atoms with Crippen LogP contribution in [0.1, 0.15) is 24.3 Å². The van der Waals surface area contributed by atoms with E-state index in [1.807, 2.05) is 0 Å². The van der Waals surface area contributed by atoms with Gasteiger partial charge < -0.3 is 17.6 Å². The van der Waals surface area contributed by atoms with E-state index >= 15 is 0 Å². The molecule has 2 nitrogen and oxygen atoms in total. The van der Waals surface area contributed by atoms with E-state index < -0.39 is 12.6 Å². The van der Waals surface area contributed by atoms with E-state index in [-0.39, 0.29) is 57.3 Å². The topological polar surface area (TPSA) is 17.8 Å². The Balaban J connectivity index is 0.000000980. The Morgan fingerprint density at radius 2 is 2.00 bits per heavy atom. The molecule has 2 rings (SSSR count). The summed E-state index contributed by atoms with van der Waals surface area (Å²) < 4.78 is 38.5. The first kappa shape index (κ1) is 12.8. The molecule has 1 aromatic heterocycles. The minimum atomic E-state index is -4.91. The molecule has 0 spiro atoms. The van der Waals surface area contributed by atoms with Crippen LogP contribution in [0.2, 0.25) is 0 Å². The number of aryl methyl sites for hydroxylation is 1. The van der Waals surface area contributed by atoms with Gasteiger partial charge in [0, 0.05) is 13.2 Å². The van der Waals surface area contributed by atoms with Crippen LogP contribution in [0.3, 0.4) is 0 Å². The third-order valence-electron chi connectivity index (χ3n) is 2.34. The van der Waals surface area contributed by atoms with Crippen molar-refractivity contribution < 1.29 is 64.3 Å². The minimum absolute atomic E-state index is 0. The molecule has 1 aliphatic rings. The molecule has 0 bridgehead atoms. The maximum absolute atomic E-state index is 12.5. The SMILES string of the molecule is Cn1ncc(C2CC2)c1[B-](F)(F)F.[K+]. The monoisotopic (exact) mass is 228 g/mol. The molecule has 0 unspecified atom stereocenters. The van der Waals surface area contributed by atoms with Crippen LogP contribution in [0.5, 0.6) is 0 Å². The first-order chi connectivity index (χ1) is 6.00. The minimum Gasteiger partial charge on any atom is -0.444 e. The zero-order chi connectivity index (χ0) is 9.64. The van der Waals surface area contributed by atoms with Gasteiger partial charge in [0.25, 0.3) is 0 Å². The summed E-state index contributed by atoms with van der Waals surface area (Å²) in [5.74, 6) is 0.104. The van der Waals surface area contributed by atoms with E-state index in [1.54, 1.807) is 0 Å². The number of hydrogen-bond acceptors (Lipinski definition) is 1. The van der Waals surface area contributed by atoms with Crippen LogP contribution in [0.25, 0.3) is 0 Å². The standard InChI is InChI=1S/C7H9BF3N2.K/c1-13-7(8(9,10)11)6(4-12-13)5-2-3-5;/h4-5H,2-3H2,1H3;/q-1;+1. The Bertz CT molecular complexity index is 332. The number of hydrogen-bond donors (Lipinski definition) is 0. The molecule has 1 aliphatic carbocycles. The maximum Gasteiger partial charge on any atom is 1.00 e. The summed E-state index contributed by atoms with van der Waals surface area (Å²) in [6, 6.07) is 0. The zero-order valence-corrected chi connectivity index (χ0v) is 11.3. The summed E-state index contributed by atoms with van der Waals surface area (Å²) in [5.41, 5.74) is -0.141. The van der Waals surface area contributed by atoms with Crippen molar-refractivity contribution in [2.45, 2.75) is 18.8 Å². The number of nitrogens with zero attached hydrogens (tertiary/aromatic N) is 2. The molecule has 0 atom stereocenters. The van der Waals surface area contributed by atoms with Crippen LogP contribution >= 0.6 is 0 Å². The van der Waals surface area contributed by atoms with E-state index in [2.05, 4.69) is 5.10 Å². The Labute approximate surface area is 123 Å². The van der Waals surface area contributed by atoms with Gasteiger partial charge in [-0.3, -0.25) is 0 Å². The third kappa shape index (κ3) is 2.44. The molecule has 0 amide bonds. The molecule has 14 heavy (non-hydrogen) atoms. The second kappa shape index (κ2) is 4.29. The van der Waals surface area contributed by atoms with Crippen molar-refractivity contribution >= 4 is 12.6 Å². The van der Waals surface area contributed by atoms with Gasteiger partial charge in [-0.2, -0.15) is 5.10 Å². The van der Waals surface area contributed by atoms with Crippen LogP contribution in [-0.2, 0) is 7.05 Å². The predicted molar refractivity (Wildman–Crippen MR) is 43.9 cm³/mol. The van der Waals surface area contributed by atoms with Gasteiger partial charge in [0.15, 0.2) is 0 Å². The molecule has 1 fully saturated rings. The molecule has 0 saturated heterocycles. The fourth-order valence-corrected chi connectivity index (χ4v) is 1.57. The first-order valence-corrected chi connectivity index (χ1v) is 4.22. The van der Waals surface area contributed by atoms with Gasteiger partial charge in [-0.25, -0.2) is 0 Å². The Kier molecular flexibility index (Phi) is 3.91. The molecule has 1 aromatic rings. The molecular formula is C7H9BF3KN2. The van der Waals surface area contributed by atoms with E-state index in [0.717, 1.165) is 17.5 Å². The zero-order valence-electron chi connectivity index (χ0n) is 8.17. The molecule has 72 valence electrons. The largest absolute Gasteiger partial charge is 1.00 e. The van der Waals surface area contributed by atoms with Crippen molar-refractivity contribution in [3.05, 3.63) is 11.8 Å². The molecule has 7 heteroatoms. The second-order valence-electron chi connectivity index (χ2n) is 3.46. The van der Waals surface area contributed by atoms with Crippen molar-refractivity contribution in [3.8, 4) is 0 Å². The Morgan fingerprint density at radius 1 is 1.43 bits per heavy atom. The third-order valence-corrected chi connectivity index (χ3v) is 2.34. The smallest absolute Gasteiger partial charge is 0.444 e. The molecule has 0 aliphatic heterocycles. The van der Waals surface area contributed by atoms with Gasteiger partial charge in [0.1, 0.15) is 0 Å². The van der Waals surface area contributed by atoms with Gasteiger partial charge in [-0.05, 0) is 29.9 Å². The van der Waals surface area contributed by atoms with Crippen molar-refractivity contribution in [1.29, 1.82) is 0 Å². The van der Waals surface area contributed by atoms with Crippen molar-refractivity contribution in [1.82, 2.24) is 9.78 Å². The summed E-state index contributed by atoms with van der Waals surface area (Å²) >= 11 is 0. The van der Waals surface area contributed by atoms with Gasteiger partial charge in [0.05, 0.1) is 0 Å². The predicted octanol–water partition coefficient (Wildman–Crippen LogP) is -1.64. The van der Waals surface area contributed by atoms with Gasteiger partial charge in [-0.15, -0.1) is 0 Å². The summed E-state index contributed by atoms with van der Waals surface area (Å²) in [6.07, 6.45) is 3.08. The molecule has 1 heterocycles. The fraction of sp³-hybridized carbons (Fsp3) is 0.571. The second-order valence-corrected chi connectivity index (χ2v) is 3.46. The molecule has 0 radical (unpaired) electrons. The van der Waals surface area contributed by atoms with Crippen molar-refractivity contribution in [2.24, 2.45) is 7.05 Å². The van der Waals surface area contributed by atoms with E-state index in [0.29, 0.717) is 5.56 Å². The fourth-order valence-electron chi connectivity index (χ4n) is 1.57. The normalized spacial score (nSPS) is 16.6. The van der Waals surface area contributed by atoms with E-state index in [4.69, 9.17) is 0 Å². The summed E-state index contributed by atoms with van der Waals surface area (Å²) in [7, 11) is 1.34. The van der Waals surface area contributed by atoms with Crippen molar-refractivity contribution in [2.75, 3.05) is 0 Å². The molecule has 1 saturated carbocycles. The van der Waals surface area contributed by atoms with Gasteiger partial charge in [-0.1, -0.05) is 0 Å². The van der Waals surface area contributed by atoms with Crippen LogP contribution < -0.4 is 57.0 Å². The molecule has 0 N–H and O–H groups in total. The van der Waals surface area contributed by atoms with Crippen molar-refractivity contribution in [3.63, 3.8) is 0 Å². The molecular weight excluding hydrogens is 219 g/mol. The number of halogens is 3. The number of rotatable bonds is 2. The number of aromatic nitrogens is 2. The van der Waals surface area contributed by atoms with Crippen LogP contribution in [0.4, 0.5) is 12.9 Å². The van der Waals surface area contributed by atoms with Crippen LogP contribution in [-0.4, -0.2) is 16.8 Å². The first-order valence-electron chi connectivity index (χ1n) is 4.22. The quantitative estimate of drug-likeness (QED) is 0.555. The van der Waals surface area contributed by atoms with Gasteiger partial charge >= 0.3 is 58.4 Å². The van der Waals surface area contributed by atoms with E-state index in [9.17, 15) is 12.9 Å². The van der Waals surface area contributed by atoms with E-state index in [1.165, 1.54) is 13.2 Å². The Morgan fingerprint density at radius 3 is 2.43 bits per heavy atom. The van der Waals surface area contributed by atoms with Crippen LogP contribution in [0, 0.1) is 0 Å². The van der Waals surface area contributed by atoms with Crippen LogP contribution in [0.15, 0.2) is 6.20 Å². The molecule has 0 aromatic carbocycles. The summed E-state index contributed by atoms with van der Waals surface area (Å²) in [4.78, 5) is 0. The Hall–Kier alpha value is 0.701. The van der Waals surface area contributed by atoms with Gasteiger partial charge in [0.2, 0.25) is 0 Å². The maximum atomic E-state index is 12.5. The summed E-state index contributed by atoms with van der Waals surface area (Å²) in [5, 5.41) is 3.66. The average molecular weight is 228 g/mol. The average Bonchev–Trinajstić information content (AvgIpc) is 2.73. The summed E-state index contributed by atoms with van der Waals surface area (Å²) in [6.45, 7) is -4.91.